The van der Waals surface area contributed by atoms with Gasteiger partial charge in [-0.3, -0.25) is 4.79 Å². The zero-order chi connectivity index (χ0) is 23.8. The zero-order valence-corrected chi connectivity index (χ0v) is 20.0. The average Bonchev–Trinajstić information content (AvgIpc) is 2.76. The number of ether oxygens (including phenoxy) is 1. The van der Waals surface area contributed by atoms with E-state index < -0.39 is 5.60 Å². The number of benzene rings is 1. The van der Waals surface area contributed by atoms with Crippen molar-refractivity contribution in [2.75, 3.05) is 13.1 Å². The number of para-hydroxylation sites is 1. The summed E-state index contributed by atoms with van der Waals surface area (Å²) >= 11 is 0. The standard InChI is InChI=1S/C25H37N5O3/c1-25(2,3)33-24(32)27-14-9-5-4-6-12-22(31)30-15-13-18(16-21(30)26)23-19-10-7-8-11-20(19)28-17-29-23/h7-8,10-11,17-18,21H,4-6,9,12-16,26H2,1-3H3,(H,27,32). The molecule has 1 aromatic carbocycles. The van der Waals surface area contributed by atoms with Crippen LogP contribution in [0.25, 0.3) is 10.9 Å². The van der Waals surface area contributed by atoms with Crippen LogP contribution in [-0.4, -0.2) is 51.7 Å². The van der Waals surface area contributed by atoms with Crippen molar-refractivity contribution in [1.29, 1.82) is 0 Å². The maximum Gasteiger partial charge on any atom is 0.407 e. The Morgan fingerprint density at radius 3 is 2.67 bits per heavy atom. The van der Waals surface area contributed by atoms with Crippen molar-refractivity contribution >= 4 is 22.9 Å². The van der Waals surface area contributed by atoms with Crippen molar-refractivity contribution in [2.45, 2.75) is 83.4 Å². The van der Waals surface area contributed by atoms with Gasteiger partial charge < -0.3 is 20.7 Å². The molecule has 8 heteroatoms. The molecule has 0 saturated carbocycles. The molecule has 33 heavy (non-hydrogen) atoms. The molecule has 1 aliphatic heterocycles. The van der Waals surface area contributed by atoms with Gasteiger partial charge in [-0.25, -0.2) is 14.8 Å². The van der Waals surface area contributed by atoms with E-state index in [4.69, 9.17) is 10.5 Å². The number of unbranched alkanes of at least 4 members (excludes halogenated alkanes) is 3. The third-order valence-corrected chi connectivity index (χ3v) is 5.91. The smallest absolute Gasteiger partial charge is 0.407 e. The number of amides is 2. The highest BCUT2D eigenvalue weighted by atomic mass is 16.6. The number of nitrogens with one attached hydrogen (secondary N) is 1. The number of likely N-dealkylation sites (tertiary alicyclic amines) is 1. The fourth-order valence-electron chi connectivity index (χ4n) is 4.31. The molecule has 1 saturated heterocycles. The number of alkyl carbamates (subject to hydrolysis) is 1. The summed E-state index contributed by atoms with van der Waals surface area (Å²) in [7, 11) is 0. The van der Waals surface area contributed by atoms with Crippen LogP contribution in [0.5, 0.6) is 0 Å². The van der Waals surface area contributed by atoms with Gasteiger partial charge in [0.2, 0.25) is 5.91 Å². The number of rotatable bonds is 8. The molecule has 3 N–H and O–H groups in total. The van der Waals surface area contributed by atoms with E-state index in [-0.39, 0.29) is 24.1 Å². The van der Waals surface area contributed by atoms with Crippen LogP contribution >= 0.6 is 0 Å². The van der Waals surface area contributed by atoms with Gasteiger partial charge in [0.05, 0.1) is 17.4 Å². The number of piperidine rings is 1. The fourth-order valence-corrected chi connectivity index (χ4v) is 4.31. The second-order valence-corrected chi connectivity index (χ2v) is 9.74. The Morgan fingerprint density at radius 1 is 1.15 bits per heavy atom. The van der Waals surface area contributed by atoms with E-state index in [0.29, 0.717) is 25.9 Å². The van der Waals surface area contributed by atoms with Crippen LogP contribution in [0.1, 0.15) is 77.3 Å². The molecule has 2 heterocycles. The highest BCUT2D eigenvalue weighted by Crippen LogP contribution is 2.32. The average molecular weight is 456 g/mol. The number of hydrogen-bond donors (Lipinski definition) is 2. The molecule has 8 nitrogen and oxygen atoms in total. The molecule has 1 aliphatic rings. The predicted molar refractivity (Wildman–Crippen MR) is 129 cm³/mol. The third kappa shape index (κ3) is 7.39. The maximum absolute atomic E-state index is 12.7. The summed E-state index contributed by atoms with van der Waals surface area (Å²) in [4.78, 5) is 35.1. The summed E-state index contributed by atoms with van der Waals surface area (Å²) in [5.41, 5.74) is 7.89. The lowest BCUT2D eigenvalue weighted by Crippen LogP contribution is -2.50. The first kappa shape index (κ1) is 24.9. The van der Waals surface area contributed by atoms with Crippen LogP contribution in [0.3, 0.4) is 0 Å². The predicted octanol–water partition coefficient (Wildman–Crippen LogP) is 4.10. The van der Waals surface area contributed by atoms with E-state index in [2.05, 4.69) is 21.4 Å². The molecular formula is C25H37N5O3. The second-order valence-electron chi connectivity index (χ2n) is 9.74. The first-order valence-corrected chi connectivity index (χ1v) is 12.0. The lowest BCUT2D eigenvalue weighted by atomic mass is 9.89. The molecular weight excluding hydrogens is 418 g/mol. The second kappa shape index (κ2) is 11.4. The van der Waals surface area contributed by atoms with Crippen molar-refractivity contribution < 1.29 is 14.3 Å². The molecule has 0 bridgehead atoms. The monoisotopic (exact) mass is 455 g/mol. The molecule has 2 amide bonds. The van der Waals surface area contributed by atoms with Crippen molar-refractivity contribution in [3.63, 3.8) is 0 Å². The minimum atomic E-state index is -0.484. The van der Waals surface area contributed by atoms with Gasteiger partial charge >= 0.3 is 6.09 Å². The molecule has 180 valence electrons. The minimum absolute atomic E-state index is 0.125. The highest BCUT2D eigenvalue weighted by Gasteiger charge is 2.31. The highest BCUT2D eigenvalue weighted by molar-refractivity contribution is 5.81. The first-order valence-electron chi connectivity index (χ1n) is 12.0. The SMILES string of the molecule is CC(C)(C)OC(=O)NCCCCCCC(=O)N1CCC(c2ncnc3ccccc23)CC1N. The lowest BCUT2D eigenvalue weighted by Gasteiger charge is -2.37. The van der Waals surface area contributed by atoms with Gasteiger partial charge in [-0.05, 0) is 52.5 Å². The number of carbonyl (C=O) groups is 2. The molecule has 2 unspecified atom stereocenters. The van der Waals surface area contributed by atoms with Crippen molar-refractivity contribution in [2.24, 2.45) is 5.73 Å². The van der Waals surface area contributed by atoms with E-state index in [0.717, 1.165) is 48.7 Å². The Balaban J connectivity index is 1.36. The number of aromatic nitrogens is 2. The number of nitrogens with two attached hydrogens (primary N) is 1. The van der Waals surface area contributed by atoms with Crippen LogP contribution in [0, 0.1) is 0 Å². The Kier molecular flexibility index (Phi) is 8.61. The number of hydrogen-bond acceptors (Lipinski definition) is 6. The molecule has 3 rings (SSSR count). The maximum atomic E-state index is 12.7. The third-order valence-electron chi connectivity index (χ3n) is 5.91. The molecule has 0 spiro atoms. The largest absolute Gasteiger partial charge is 0.444 e. The number of nitrogens with zero attached hydrogens (tertiary/aromatic N) is 3. The van der Waals surface area contributed by atoms with Crippen LogP contribution in [0.2, 0.25) is 0 Å². The van der Waals surface area contributed by atoms with E-state index in [1.54, 1.807) is 6.33 Å². The van der Waals surface area contributed by atoms with Gasteiger partial charge in [-0.2, -0.15) is 0 Å². The lowest BCUT2D eigenvalue weighted by molar-refractivity contribution is -0.135. The van der Waals surface area contributed by atoms with Crippen LogP contribution in [-0.2, 0) is 9.53 Å². The summed E-state index contributed by atoms with van der Waals surface area (Å²) in [6.45, 7) is 6.77. The van der Waals surface area contributed by atoms with E-state index >= 15 is 0 Å². The Labute approximate surface area is 196 Å². The summed E-state index contributed by atoms with van der Waals surface area (Å²) in [6, 6.07) is 8.02. The van der Waals surface area contributed by atoms with Gasteiger partial charge in [-0.1, -0.05) is 31.0 Å². The minimum Gasteiger partial charge on any atom is -0.444 e. The summed E-state index contributed by atoms with van der Waals surface area (Å²) in [5, 5.41) is 3.83. The van der Waals surface area contributed by atoms with Crippen molar-refractivity contribution in [3.8, 4) is 0 Å². The van der Waals surface area contributed by atoms with Crippen molar-refractivity contribution in [1.82, 2.24) is 20.2 Å². The van der Waals surface area contributed by atoms with Gasteiger partial charge in [0.1, 0.15) is 11.9 Å². The molecule has 1 fully saturated rings. The number of fused-ring (bicyclic) bond motifs is 1. The zero-order valence-electron chi connectivity index (χ0n) is 20.0. The Bertz CT molecular complexity index is 938. The van der Waals surface area contributed by atoms with Crippen LogP contribution in [0.15, 0.2) is 30.6 Å². The topological polar surface area (TPSA) is 110 Å². The van der Waals surface area contributed by atoms with Gasteiger partial charge in [0, 0.05) is 30.8 Å². The summed E-state index contributed by atoms with van der Waals surface area (Å²) in [5.74, 6) is 0.356. The normalized spacial score (nSPS) is 18.8. The van der Waals surface area contributed by atoms with Crippen LogP contribution in [0.4, 0.5) is 4.79 Å². The van der Waals surface area contributed by atoms with Crippen molar-refractivity contribution in [3.05, 3.63) is 36.3 Å². The van der Waals surface area contributed by atoms with E-state index in [1.807, 2.05) is 43.9 Å². The quantitative estimate of drug-likeness (QED) is 0.580. The number of carbonyl (C=O) groups excluding carboxylic acids is 2. The van der Waals surface area contributed by atoms with E-state index in [1.165, 1.54) is 0 Å². The summed E-state index contributed by atoms with van der Waals surface area (Å²) in [6.07, 6.45) is 6.61. The molecule has 2 aromatic rings. The molecule has 0 radical (unpaired) electrons. The fraction of sp³-hybridized carbons (Fsp3) is 0.600. The van der Waals surface area contributed by atoms with Gasteiger partial charge in [0.15, 0.2) is 0 Å². The van der Waals surface area contributed by atoms with Crippen LogP contribution < -0.4 is 11.1 Å². The Hall–Kier alpha value is -2.74. The molecule has 0 aliphatic carbocycles. The molecule has 1 aromatic heterocycles. The molecule has 2 atom stereocenters. The van der Waals surface area contributed by atoms with E-state index in [9.17, 15) is 9.59 Å². The van der Waals surface area contributed by atoms with Gasteiger partial charge in [0.25, 0.3) is 0 Å². The van der Waals surface area contributed by atoms with Gasteiger partial charge in [-0.15, -0.1) is 0 Å². The first-order chi connectivity index (χ1) is 15.7. The Morgan fingerprint density at radius 2 is 1.91 bits per heavy atom. The summed E-state index contributed by atoms with van der Waals surface area (Å²) < 4.78 is 5.21.